The molecule has 0 aliphatic carbocycles. The fraction of sp³-hybridized carbons (Fsp3) is 0.115. The number of benzene rings is 2. The Hall–Kier alpha value is -4.97. The maximum atomic E-state index is 13.3. The van der Waals surface area contributed by atoms with E-state index in [4.69, 9.17) is 6.57 Å². The molecule has 0 saturated carbocycles. The molecule has 1 heterocycles. The first-order chi connectivity index (χ1) is 16.5. The monoisotopic (exact) mass is 471 g/mol. The standard InChI is InChI=1S/C26H21N3O6/c1-15-21(7-5-6-16-8-10-19(11-9-16)28(3)4)23(30)29(24(31)22(15)27-2)20-13-17(25(32)33)12-18(14-20)26(34)35/h5-14H,1,3-4H3,(H,32,33)(H,34,35)/b6-5+,21-7+. The summed E-state index contributed by atoms with van der Waals surface area (Å²) in [4.78, 5) is 55.1. The van der Waals surface area contributed by atoms with Crippen LogP contribution in [-0.2, 0) is 9.59 Å². The fourth-order valence-electron chi connectivity index (χ4n) is 3.46. The highest BCUT2D eigenvalue weighted by Crippen LogP contribution is 2.31. The number of anilines is 2. The zero-order valence-electron chi connectivity index (χ0n) is 19.1. The molecule has 3 rings (SSSR count). The van der Waals surface area contributed by atoms with Gasteiger partial charge in [-0.25, -0.2) is 14.4 Å². The minimum Gasteiger partial charge on any atom is -0.478 e. The first-order valence-corrected chi connectivity index (χ1v) is 10.3. The van der Waals surface area contributed by atoms with E-state index in [1.165, 1.54) is 13.0 Å². The number of carboxylic acid groups (broad SMARTS) is 2. The summed E-state index contributed by atoms with van der Waals surface area (Å²) in [5, 5.41) is 18.7. The van der Waals surface area contributed by atoms with Crippen LogP contribution in [0.5, 0.6) is 0 Å². The maximum absolute atomic E-state index is 13.3. The zero-order valence-corrected chi connectivity index (χ0v) is 19.1. The van der Waals surface area contributed by atoms with Gasteiger partial charge >= 0.3 is 11.9 Å². The number of imide groups is 1. The predicted octanol–water partition coefficient (Wildman–Crippen LogP) is 3.86. The maximum Gasteiger partial charge on any atom is 0.335 e. The number of amides is 2. The topological polar surface area (TPSA) is 120 Å². The van der Waals surface area contributed by atoms with Crippen LogP contribution in [0.25, 0.3) is 10.9 Å². The molecule has 1 aliphatic rings. The van der Waals surface area contributed by atoms with Crippen LogP contribution in [-0.4, -0.2) is 48.1 Å². The molecule has 1 aliphatic heterocycles. The number of hydrogen-bond acceptors (Lipinski definition) is 5. The highest BCUT2D eigenvalue weighted by atomic mass is 16.4. The Balaban J connectivity index is 2.07. The lowest BCUT2D eigenvalue weighted by Crippen LogP contribution is -2.42. The Labute approximate surface area is 201 Å². The van der Waals surface area contributed by atoms with E-state index in [0.717, 1.165) is 29.4 Å². The SMILES string of the molecule is [C-]#[N+]C1=C(C)/C(=C\C=C\c2ccc(N(C)C)cc2)C(=O)N(c2cc(C(=O)O)cc(C(=O)O)c2)C1=O. The van der Waals surface area contributed by atoms with E-state index < -0.39 is 34.9 Å². The average Bonchev–Trinajstić information content (AvgIpc) is 2.81. The Morgan fingerprint density at radius 1 is 0.971 bits per heavy atom. The number of aromatic carboxylic acids is 2. The van der Waals surface area contributed by atoms with Crippen LogP contribution in [0.1, 0.15) is 33.2 Å². The third-order valence-corrected chi connectivity index (χ3v) is 5.34. The number of carbonyl (C=O) groups is 4. The van der Waals surface area contributed by atoms with Gasteiger partial charge in [-0.3, -0.25) is 14.5 Å². The third-order valence-electron chi connectivity index (χ3n) is 5.34. The van der Waals surface area contributed by atoms with Gasteiger partial charge in [-0.1, -0.05) is 30.4 Å². The van der Waals surface area contributed by atoms with Gasteiger partial charge in [-0.2, -0.15) is 0 Å². The van der Waals surface area contributed by atoms with Gasteiger partial charge in [0, 0.05) is 25.4 Å². The van der Waals surface area contributed by atoms with Crippen molar-refractivity contribution in [2.45, 2.75) is 6.92 Å². The molecular formula is C26H21N3O6. The lowest BCUT2D eigenvalue weighted by Gasteiger charge is -2.28. The van der Waals surface area contributed by atoms with Crippen molar-refractivity contribution < 1.29 is 29.4 Å². The first kappa shape index (κ1) is 24.7. The van der Waals surface area contributed by atoms with Crippen LogP contribution in [0.15, 0.2) is 71.5 Å². The molecule has 0 atom stereocenters. The molecule has 0 fully saturated rings. The van der Waals surface area contributed by atoms with Crippen LogP contribution >= 0.6 is 0 Å². The van der Waals surface area contributed by atoms with Crippen molar-refractivity contribution in [3.8, 4) is 0 Å². The normalized spacial score (nSPS) is 15.0. The predicted molar refractivity (Wildman–Crippen MR) is 130 cm³/mol. The number of carboxylic acids is 2. The van der Waals surface area contributed by atoms with Gasteiger partial charge in [0.25, 0.3) is 17.5 Å². The van der Waals surface area contributed by atoms with Crippen LogP contribution in [0, 0.1) is 6.57 Å². The van der Waals surface area contributed by atoms with Gasteiger partial charge in [0.05, 0.1) is 23.4 Å². The Morgan fingerprint density at radius 3 is 2.03 bits per heavy atom. The van der Waals surface area contributed by atoms with Crippen LogP contribution < -0.4 is 9.80 Å². The van der Waals surface area contributed by atoms with Crippen molar-refractivity contribution >= 4 is 41.2 Å². The first-order valence-electron chi connectivity index (χ1n) is 10.3. The van der Waals surface area contributed by atoms with Crippen LogP contribution in [0.2, 0.25) is 0 Å². The van der Waals surface area contributed by atoms with E-state index in [0.29, 0.717) is 4.90 Å². The van der Waals surface area contributed by atoms with Crippen LogP contribution in [0.3, 0.4) is 0 Å². The minimum absolute atomic E-state index is 0.0503. The molecule has 35 heavy (non-hydrogen) atoms. The summed E-state index contributed by atoms with van der Waals surface area (Å²) in [6.45, 7) is 8.90. The van der Waals surface area contributed by atoms with E-state index >= 15 is 0 Å². The molecule has 9 nitrogen and oxygen atoms in total. The van der Waals surface area contributed by atoms with Crippen molar-refractivity contribution in [1.29, 1.82) is 0 Å². The molecule has 0 spiro atoms. The van der Waals surface area contributed by atoms with E-state index in [9.17, 15) is 29.4 Å². The summed E-state index contributed by atoms with van der Waals surface area (Å²) in [5.74, 6) is -4.61. The zero-order chi connectivity index (χ0) is 25.9. The van der Waals surface area contributed by atoms with Gasteiger partial charge in [0.15, 0.2) is 0 Å². The van der Waals surface area contributed by atoms with E-state index in [1.807, 2.05) is 43.3 Å². The number of rotatable bonds is 6. The molecule has 9 heteroatoms. The highest BCUT2D eigenvalue weighted by molar-refractivity contribution is 6.31. The summed E-state index contributed by atoms with van der Waals surface area (Å²) in [6.07, 6.45) is 4.81. The molecule has 2 aromatic rings. The van der Waals surface area contributed by atoms with E-state index in [2.05, 4.69) is 4.85 Å². The Bertz CT molecular complexity index is 1340. The Kier molecular flexibility index (Phi) is 6.97. The van der Waals surface area contributed by atoms with Crippen molar-refractivity contribution in [3.63, 3.8) is 0 Å². The van der Waals surface area contributed by atoms with Gasteiger partial charge in [0.1, 0.15) is 0 Å². The molecule has 0 unspecified atom stereocenters. The number of nitrogens with zero attached hydrogens (tertiary/aromatic N) is 3. The average molecular weight is 471 g/mol. The molecule has 0 radical (unpaired) electrons. The molecule has 0 bridgehead atoms. The second kappa shape index (κ2) is 9.89. The van der Waals surface area contributed by atoms with Crippen molar-refractivity contribution in [2.24, 2.45) is 0 Å². The lowest BCUT2D eigenvalue weighted by molar-refractivity contribution is -0.123. The summed E-state index contributed by atoms with van der Waals surface area (Å²) in [6, 6.07) is 10.6. The van der Waals surface area contributed by atoms with Gasteiger partial charge < -0.3 is 15.1 Å². The quantitative estimate of drug-likeness (QED) is 0.373. The Morgan fingerprint density at radius 2 is 1.54 bits per heavy atom. The van der Waals surface area contributed by atoms with Crippen molar-refractivity contribution in [1.82, 2.24) is 0 Å². The van der Waals surface area contributed by atoms with E-state index in [-0.39, 0.29) is 22.5 Å². The minimum atomic E-state index is -1.43. The third kappa shape index (κ3) is 5.02. The molecule has 0 saturated heterocycles. The molecule has 2 N–H and O–H groups in total. The van der Waals surface area contributed by atoms with Crippen LogP contribution in [0.4, 0.5) is 11.4 Å². The molecule has 176 valence electrons. The largest absolute Gasteiger partial charge is 0.478 e. The van der Waals surface area contributed by atoms with E-state index in [1.54, 1.807) is 12.2 Å². The van der Waals surface area contributed by atoms with Gasteiger partial charge in [-0.15, -0.1) is 0 Å². The van der Waals surface area contributed by atoms with Gasteiger partial charge in [-0.05, 0) is 48.4 Å². The molecule has 2 amide bonds. The second-order valence-electron chi connectivity index (χ2n) is 7.84. The summed E-state index contributed by atoms with van der Waals surface area (Å²) >= 11 is 0. The molecule has 2 aromatic carbocycles. The number of allylic oxidation sites excluding steroid dienone is 2. The molecular weight excluding hydrogens is 450 g/mol. The summed E-state index contributed by atoms with van der Waals surface area (Å²) < 4.78 is 0. The fourth-order valence-corrected chi connectivity index (χ4v) is 3.46. The summed E-state index contributed by atoms with van der Waals surface area (Å²) in [7, 11) is 3.85. The second-order valence-corrected chi connectivity index (χ2v) is 7.84. The molecule has 0 aromatic heterocycles. The number of hydrogen-bond donors (Lipinski definition) is 2. The van der Waals surface area contributed by atoms with Crippen molar-refractivity contribution in [3.05, 3.63) is 99.6 Å². The number of carbonyl (C=O) groups excluding carboxylic acids is 2. The smallest absolute Gasteiger partial charge is 0.335 e. The lowest BCUT2D eigenvalue weighted by atomic mass is 9.97. The van der Waals surface area contributed by atoms with Gasteiger partial charge in [0.2, 0.25) is 0 Å². The van der Waals surface area contributed by atoms with Crippen molar-refractivity contribution in [2.75, 3.05) is 23.9 Å². The summed E-state index contributed by atoms with van der Waals surface area (Å²) in [5.41, 5.74) is 0.696. The highest BCUT2D eigenvalue weighted by Gasteiger charge is 2.37.